The monoisotopic (exact) mass is 197 g/mol. The standard InChI is InChI=1S/C14H29/c1-4-7-8-9-10-11-13-14(6-3)12-5-2/h5,14H,4,6-13H2,1-3H3. The van der Waals surface area contributed by atoms with Crippen molar-refractivity contribution in [1.82, 2.24) is 0 Å². The minimum absolute atomic E-state index is 0.964. The van der Waals surface area contributed by atoms with Crippen LogP contribution in [0.2, 0.25) is 0 Å². The summed E-state index contributed by atoms with van der Waals surface area (Å²) in [6.07, 6.45) is 15.1. The van der Waals surface area contributed by atoms with E-state index in [0.29, 0.717) is 0 Å². The molecule has 0 saturated carbocycles. The molecule has 0 aliphatic heterocycles. The molecule has 0 aromatic rings. The molecule has 0 heteroatoms. The first-order valence-electron chi connectivity index (χ1n) is 6.62. The molecular formula is C14H29. The first-order valence-corrected chi connectivity index (χ1v) is 6.62. The van der Waals surface area contributed by atoms with Crippen LogP contribution in [0.5, 0.6) is 0 Å². The van der Waals surface area contributed by atoms with E-state index in [1.54, 1.807) is 0 Å². The Labute approximate surface area is 91.5 Å². The van der Waals surface area contributed by atoms with E-state index in [4.69, 9.17) is 0 Å². The molecule has 0 saturated heterocycles. The van der Waals surface area contributed by atoms with Crippen molar-refractivity contribution < 1.29 is 0 Å². The van der Waals surface area contributed by atoms with E-state index < -0.39 is 0 Å². The van der Waals surface area contributed by atoms with Crippen LogP contribution in [0.4, 0.5) is 0 Å². The summed E-state index contributed by atoms with van der Waals surface area (Å²) in [5.74, 6) is 0.964. The van der Waals surface area contributed by atoms with E-state index in [0.717, 1.165) is 5.92 Å². The summed E-state index contributed by atoms with van der Waals surface area (Å²) in [6, 6.07) is 0. The molecule has 0 aromatic carbocycles. The molecule has 0 heterocycles. The highest BCUT2D eigenvalue weighted by atomic mass is 14.1. The van der Waals surface area contributed by atoms with Gasteiger partial charge in [-0.1, -0.05) is 72.1 Å². The third kappa shape index (κ3) is 8.59. The summed E-state index contributed by atoms with van der Waals surface area (Å²) in [4.78, 5) is 0. The molecule has 0 fully saturated rings. The second kappa shape index (κ2) is 11.1. The zero-order valence-electron chi connectivity index (χ0n) is 10.5. The van der Waals surface area contributed by atoms with E-state index >= 15 is 0 Å². The third-order valence-corrected chi connectivity index (χ3v) is 3.11. The average molecular weight is 197 g/mol. The number of rotatable bonds is 10. The smallest absolute Gasteiger partial charge is 0.0414 e. The summed E-state index contributed by atoms with van der Waals surface area (Å²) < 4.78 is 0. The zero-order chi connectivity index (χ0) is 10.6. The van der Waals surface area contributed by atoms with Crippen LogP contribution >= 0.6 is 0 Å². The minimum Gasteiger partial charge on any atom is -0.0654 e. The molecule has 1 atom stereocenters. The Balaban J connectivity index is 3.15. The lowest BCUT2D eigenvalue weighted by molar-refractivity contribution is 0.433. The van der Waals surface area contributed by atoms with Crippen molar-refractivity contribution in [2.75, 3.05) is 0 Å². The van der Waals surface area contributed by atoms with Gasteiger partial charge in [-0.15, -0.1) is 0 Å². The van der Waals surface area contributed by atoms with Crippen molar-refractivity contribution >= 4 is 0 Å². The zero-order valence-corrected chi connectivity index (χ0v) is 10.5. The lowest BCUT2D eigenvalue weighted by Gasteiger charge is -2.12. The van der Waals surface area contributed by atoms with Crippen LogP contribution in [0, 0.1) is 12.3 Å². The lowest BCUT2D eigenvalue weighted by atomic mass is 9.94. The van der Waals surface area contributed by atoms with E-state index in [1.807, 2.05) is 0 Å². The van der Waals surface area contributed by atoms with Crippen molar-refractivity contribution in [1.29, 1.82) is 0 Å². The summed E-state index contributed by atoms with van der Waals surface area (Å²) in [7, 11) is 0. The molecule has 0 aromatic heterocycles. The quantitative estimate of drug-likeness (QED) is 0.413. The Morgan fingerprint density at radius 1 is 0.929 bits per heavy atom. The molecular weight excluding hydrogens is 168 g/mol. The van der Waals surface area contributed by atoms with Crippen LogP contribution in [0.25, 0.3) is 0 Å². The number of hydrogen-bond acceptors (Lipinski definition) is 0. The molecule has 0 aliphatic rings. The second-order valence-corrected chi connectivity index (χ2v) is 4.47. The fourth-order valence-electron chi connectivity index (χ4n) is 2.04. The van der Waals surface area contributed by atoms with Crippen LogP contribution < -0.4 is 0 Å². The third-order valence-electron chi connectivity index (χ3n) is 3.11. The number of unbranched alkanes of at least 4 members (excludes halogenated alkanes) is 5. The van der Waals surface area contributed by atoms with Crippen molar-refractivity contribution in [3.8, 4) is 0 Å². The van der Waals surface area contributed by atoms with Crippen molar-refractivity contribution in [3.63, 3.8) is 0 Å². The molecule has 85 valence electrons. The number of hydrogen-bond donors (Lipinski definition) is 0. The predicted molar refractivity (Wildman–Crippen MR) is 66.4 cm³/mol. The minimum atomic E-state index is 0.964. The maximum absolute atomic E-state index is 2.32. The van der Waals surface area contributed by atoms with Gasteiger partial charge in [0.15, 0.2) is 0 Å². The molecule has 14 heavy (non-hydrogen) atoms. The van der Waals surface area contributed by atoms with Crippen LogP contribution in [0.3, 0.4) is 0 Å². The van der Waals surface area contributed by atoms with Crippen molar-refractivity contribution in [2.24, 2.45) is 5.92 Å². The SMILES string of the molecule is C[CH]CC(CC)CCCCCCCC. The van der Waals surface area contributed by atoms with E-state index in [2.05, 4.69) is 27.2 Å². The van der Waals surface area contributed by atoms with Gasteiger partial charge in [-0.3, -0.25) is 0 Å². The van der Waals surface area contributed by atoms with Gasteiger partial charge < -0.3 is 0 Å². The molecule has 0 aliphatic carbocycles. The first-order chi connectivity index (χ1) is 6.85. The fraction of sp³-hybridized carbons (Fsp3) is 0.929. The Morgan fingerprint density at radius 2 is 1.57 bits per heavy atom. The van der Waals surface area contributed by atoms with Gasteiger partial charge >= 0.3 is 0 Å². The molecule has 1 radical (unpaired) electrons. The van der Waals surface area contributed by atoms with Crippen LogP contribution in [0.1, 0.15) is 78.6 Å². The largest absolute Gasteiger partial charge is 0.0654 e. The molecule has 0 N–H and O–H groups in total. The summed E-state index contributed by atoms with van der Waals surface area (Å²) in [5.41, 5.74) is 0. The summed E-state index contributed by atoms with van der Waals surface area (Å²) in [6.45, 7) is 6.79. The van der Waals surface area contributed by atoms with Gasteiger partial charge in [-0.25, -0.2) is 0 Å². The van der Waals surface area contributed by atoms with Crippen LogP contribution in [-0.2, 0) is 0 Å². The van der Waals surface area contributed by atoms with Gasteiger partial charge in [0.25, 0.3) is 0 Å². The highest BCUT2D eigenvalue weighted by Gasteiger charge is 2.03. The first kappa shape index (κ1) is 14.0. The van der Waals surface area contributed by atoms with E-state index in [1.165, 1.54) is 57.8 Å². The summed E-state index contributed by atoms with van der Waals surface area (Å²) in [5, 5.41) is 0. The Hall–Kier alpha value is 0. The molecule has 0 nitrogen and oxygen atoms in total. The molecule has 1 unspecified atom stereocenters. The maximum Gasteiger partial charge on any atom is -0.0414 e. The van der Waals surface area contributed by atoms with Crippen molar-refractivity contribution in [3.05, 3.63) is 6.42 Å². The normalized spacial score (nSPS) is 13.1. The molecule has 0 spiro atoms. The maximum atomic E-state index is 2.32. The van der Waals surface area contributed by atoms with Gasteiger partial charge in [0, 0.05) is 0 Å². The van der Waals surface area contributed by atoms with E-state index in [-0.39, 0.29) is 0 Å². The van der Waals surface area contributed by atoms with E-state index in [9.17, 15) is 0 Å². The molecule has 0 amide bonds. The summed E-state index contributed by atoms with van der Waals surface area (Å²) >= 11 is 0. The Bertz CT molecular complexity index is 96.2. The van der Waals surface area contributed by atoms with Crippen LogP contribution in [-0.4, -0.2) is 0 Å². The van der Waals surface area contributed by atoms with Gasteiger partial charge in [0.1, 0.15) is 0 Å². The highest BCUT2D eigenvalue weighted by Crippen LogP contribution is 2.18. The van der Waals surface area contributed by atoms with Gasteiger partial charge in [0.05, 0.1) is 0 Å². The highest BCUT2D eigenvalue weighted by molar-refractivity contribution is 4.65. The Morgan fingerprint density at radius 3 is 2.14 bits per heavy atom. The second-order valence-electron chi connectivity index (χ2n) is 4.47. The van der Waals surface area contributed by atoms with Crippen molar-refractivity contribution in [2.45, 2.75) is 78.6 Å². The topological polar surface area (TPSA) is 0 Å². The predicted octanol–water partition coefficient (Wildman–Crippen LogP) is 5.38. The lowest BCUT2D eigenvalue weighted by Crippen LogP contribution is -1.98. The van der Waals surface area contributed by atoms with Gasteiger partial charge in [-0.2, -0.15) is 0 Å². The average Bonchev–Trinajstić information content (AvgIpc) is 2.21. The van der Waals surface area contributed by atoms with Gasteiger partial charge in [-0.05, 0) is 18.8 Å². The molecule has 0 bridgehead atoms. The molecule has 0 rings (SSSR count). The Kier molecular flexibility index (Phi) is 11.1. The van der Waals surface area contributed by atoms with Crippen LogP contribution in [0.15, 0.2) is 0 Å². The fourth-order valence-corrected chi connectivity index (χ4v) is 2.04. The van der Waals surface area contributed by atoms with Gasteiger partial charge in [0.2, 0.25) is 0 Å².